The number of rotatable bonds is 10. The van der Waals surface area contributed by atoms with Crippen LogP contribution in [-0.2, 0) is 24.5 Å². The number of fused-ring (bicyclic) bond motifs is 1. The molecule has 0 bridgehead atoms. The summed E-state index contributed by atoms with van der Waals surface area (Å²) in [4.78, 5) is 4.82. The molecular weight excluding hydrogens is 340 g/mol. The number of pyridine rings is 1. The van der Waals surface area contributed by atoms with E-state index in [1.807, 2.05) is 20.8 Å². The van der Waals surface area contributed by atoms with E-state index < -0.39 is 5.79 Å². The third kappa shape index (κ3) is 6.16. The molecule has 0 amide bonds. The Bertz CT molecular complexity index is 626. The number of hydrogen-bond acceptors (Lipinski definition) is 4. The van der Waals surface area contributed by atoms with Crippen LogP contribution in [0, 0.1) is 6.92 Å². The normalized spacial score (nSPS) is 16.1. The van der Waals surface area contributed by atoms with Crippen LogP contribution in [-0.4, -0.2) is 41.0 Å². The van der Waals surface area contributed by atoms with Crippen molar-refractivity contribution in [2.24, 2.45) is 0 Å². The zero-order chi connectivity index (χ0) is 20.1. The number of hydrogen-bond donors (Lipinski definition) is 1. The highest BCUT2D eigenvalue weighted by atomic mass is 16.7. The Labute approximate surface area is 165 Å². The van der Waals surface area contributed by atoms with Crippen molar-refractivity contribution in [3.05, 3.63) is 22.5 Å². The minimum absolute atomic E-state index is 0.0326. The van der Waals surface area contributed by atoms with Crippen molar-refractivity contribution < 1.29 is 19.1 Å². The third-order valence-electron chi connectivity index (χ3n) is 5.38. The standard InChI is InChI=1S/C22H39N2O3/c1-7-8-9-10-11-12-13-24(5,6)14-20-18(15-25)19-16-26-22(3,4)27-21(19)17(2)23-20/h25H,7-16H2,1-6H3/q+1. The lowest BCUT2D eigenvalue weighted by Crippen LogP contribution is -2.41. The van der Waals surface area contributed by atoms with E-state index >= 15 is 0 Å². The van der Waals surface area contributed by atoms with Crippen molar-refractivity contribution in [3.8, 4) is 5.75 Å². The number of unbranched alkanes of at least 4 members (excludes halogenated alkanes) is 5. The Kier molecular flexibility index (Phi) is 7.66. The van der Waals surface area contributed by atoms with Gasteiger partial charge >= 0.3 is 0 Å². The second-order valence-electron chi connectivity index (χ2n) is 8.96. The van der Waals surface area contributed by atoms with Crippen LogP contribution in [0.2, 0.25) is 0 Å². The molecule has 0 aliphatic carbocycles. The Morgan fingerprint density at radius 1 is 1.11 bits per heavy atom. The highest BCUT2D eigenvalue weighted by molar-refractivity contribution is 5.45. The second-order valence-corrected chi connectivity index (χ2v) is 8.96. The van der Waals surface area contributed by atoms with E-state index in [1.165, 1.54) is 38.5 Å². The molecule has 0 atom stereocenters. The van der Waals surface area contributed by atoms with Crippen LogP contribution in [0.5, 0.6) is 5.75 Å². The monoisotopic (exact) mass is 379 g/mol. The Morgan fingerprint density at radius 2 is 1.78 bits per heavy atom. The molecular formula is C22H39N2O3+. The number of ether oxygens (including phenoxy) is 2. The number of aliphatic hydroxyl groups is 1. The first-order chi connectivity index (χ1) is 12.7. The van der Waals surface area contributed by atoms with Crippen LogP contribution in [0.15, 0.2) is 0 Å². The zero-order valence-electron chi connectivity index (χ0n) is 18.2. The summed E-state index contributed by atoms with van der Waals surface area (Å²) >= 11 is 0. The van der Waals surface area contributed by atoms with Crippen LogP contribution in [0.4, 0.5) is 0 Å². The van der Waals surface area contributed by atoms with Crippen molar-refractivity contribution in [1.82, 2.24) is 4.98 Å². The van der Waals surface area contributed by atoms with Crippen molar-refractivity contribution in [2.45, 2.75) is 91.8 Å². The van der Waals surface area contributed by atoms with Crippen molar-refractivity contribution in [3.63, 3.8) is 0 Å². The predicted molar refractivity (Wildman–Crippen MR) is 108 cm³/mol. The van der Waals surface area contributed by atoms with E-state index in [1.54, 1.807) is 0 Å². The van der Waals surface area contributed by atoms with Gasteiger partial charge in [-0.1, -0.05) is 32.6 Å². The number of aliphatic hydroxyl groups excluding tert-OH is 1. The van der Waals surface area contributed by atoms with E-state index in [9.17, 15) is 5.11 Å². The summed E-state index contributed by atoms with van der Waals surface area (Å²) in [5, 5.41) is 10.0. The third-order valence-corrected chi connectivity index (χ3v) is 5.38. The number of aromatic nitrogens is 1. The quantitative estimate of drug-likeness (QED) is 0.481. The van der Waals surface area contributed by atoms with E-state index in [0.717, 1.165) is 45.8 Å². The van der Waals surface area contributed by atoms with Gasteiger partial charge < -0.3 is 19.1 Å². The minimum Gasteiger partial charge on any atom is -0.461 e. The van der Waals surface area contributed by atoms with Gasteiger partial charge in [-0.3, -0.25) is 0 Å². The lowest BCUT2D eigenvalue weighted by Gasteiger charge is -2.35. The van der Waals surface area contributed by atoms with Gasteiger partial charge in [-0.25, -0.2) is 4.98 Å². The first kappa shape index (κ1) is 22.1. The molecule has 0 saturated heterocycles. The van der Waals surface area contributed by atoms with Crippen LogP contribution < -0.4 is 4.74 Å². The largest absolute Gasteiger partial charge is 0.461 e. The Morgan fingerprint density at radius 3 is 2.44 bits per heavy atom. The molecule has 27 heavy (non-hydrogen) atoms. The summed E-state index contributed by atoms with van der Waals surface area (Å²) in [6.45, 7) is 10.4. The molecule has 0 unspecified atom stereocenters. The maximum Gasteiger partial charge on any atom is 0.205 e. The molecule has 1 aliphatic heterocycles. The molecule has 0 saturated carbocycles. The van der Waals surface area contributed by atoms with Gasteiger partial charge in [0.05, 0.1) is 39.5 Å². The summed E-state index contributed by atoms with van der Waals surface area (Å²) in [7, 11) is 4.50. The fourth-order valence-corrected chi connectivity index (χ4v) is 3.78. The maximum absolute atomic E-state index is 10.0. The molecule has 2 heterocycles. The fraction of sp³-hybridized carbons (Fsp3) is 0.773. The number of aryl methyl sites for hydroxylation is 1. The van der Waals surface area contributed by atoms with Crippen LogP contribution in [0.1, 0.15) is 81.8 Å². The molecule has 0 radical (unpaired) electrons. The Hall–Kier alpha value is -1.17. The molecule has 2 rings (SSSR count). The van der Waals surface area contributed by atoms with Crippen molar-refractivity contribution in [2.75, 3.05) is 20.6 Å². The molecule has 1 aromatic heterocycles. The highest BCUT2D eigenvalue weighted by Gasteiger charge is 2.32. The second kappa shape index (κ2) is 9.35. The van der Waals surface area contributed by atoms with E-state index in [0.29, 0.717) is 6.61 Å². The van der Waals surface area contributed by atoms with Crippen molar-refractivity contribution in [1.29, 1.82) is 0 Å². The van der Waals surface area contributed by atoms with E-state index in [2.05, 4.69) is 21.0 Å². The van der Waals surface area contributed by atoms with Gasteiger partial charge in [-0.2, -0.15) is 0 Å². The Balaban J connectivity index is 2.08. The molecule has 5 nitrogen and oxygen atoms in total. The first-order valence-electron chi connectivity index (χ1n) is 10.5. The molecule has 1 aliphatic rings. The summed E-state index contributed by atoms with van der Waals surface area (Å²) in [5.74, 6) is 0.126. The van der Waals surface area contributed by atoms with E-state index in [4.69, 9.17) is 14.5 Å². The molecule has 0 aromatic carbocycles. The molecule has 0 spiro atoms. The average Bonchev–Trinajstić information content (AvgIpc) is 2.58. The number of quaternary nitrogens is 1. The predicted octanol–water partition coefficient (Wildman–Crippen LogP) is 4.46. The molecule has 1 aromatic rings. The summed E-state index contributed by atoms with van der Waals surface area (Å²) in [5.41, 5.74) is 3.68. The highest BCUT2D eigenvalue weighted by Crippen LogP contribution is 2.37. The van der Waals surface area contributed by atoms with Gasteiger partial charge in [0.2, 0.25) is 5.79 Å². The van der Waals surface area contributed by atoms with Gasteiger partial charge in [0.1, 0.15) is 18.0 Å². The van der Waals surface area contributed by atoms with Crippen molar-refractivity contribution >= 4 is 0 Å². The maximum atomic E-state index is 10.0. The molecule has 154 valence electrons. The molecule has 0 fully saturated rings. The topological polar surface area (TPSA) is 51.6 Å². The van der Waals surface area contributed by atoms with Gasteiger partial charge in [0.15, 0.2) is 0 Å². The first-order valence-corrected chi connectivity index (χ1v) is 10.5. The SMILES string of the molecule is CCCCCCCC[N+](C)(C)Cc1nc(C)c2c(c1CO)COC(C)(C)O2. The summed E-state index contributed by atoms with van der Waals surface area (Å²) in [6, 6.07) is 0. The minimum atomic E-state index is -0.652. The van der Waals surface area contributed by atoms with Crippen LogP contribution in [0.25, 0.3) is 0 Å². The van der Waals surface area contributed by atoms with E-state index in [-0.39, 0.29) is 6.61 Å². The van der Waals surface area contributed by atoms with Gasteiger partial charge in [0.25, 0.3) is 0 Å². The van der Waals surface area contributed by atoms with Crippen LogP contribution in [0.3, 0.4) is 0 Å². The average molecular weight is 380 g/mol. The molecule has 1 N–H and O–H groups in total. The van der Waals surface area contributed by atoms with Crippen LogP contribution >= 0.6 is 0 Å². The van der Waals surface area contributed by atoms with Gasteiger partial charge in [0, 0.05) is 25.0 Å². The lowest BCUT2D eigenvalue weighted by atomic mass is 10.0. The lowest BCUT2D eigenvalue weighted by molar-refractivity contribution is -0.904. The molecule has 5 heteroatoms. The van der Waals surface area contributed by atoms with Gasteiger partial charge in [-0.05, 0) is 19.8 Å². The fourth-order valence-electron chi connectivity index (χ4n) is 3.78. The smallest absolute Gasteiger partial charge is 0.205 e. The summed E-state index contributed by atoms with van der Waals surface area (Å²) < 4.78 is 12.7. The zero-order valence-corrected chi connectivity index (χ0v) is 18.2. The number of nitrogens with zero attached hydrogens (tertiary/aromatic N) is 2. The van der Waals surface area contributed by atoms with Gasteiger partial charge in [-0.15, -0.1) is 0 Å². The summed E-state index contributed by atoms with van der Waals surface area (Å²) in [6.07, 6.45) is 7.84.